The number of nitrogen functional groups attached to an aromatic ring is 1. The minimum atomic E-state index is -0.794. The highest BCUT2D eigenvalue weighted by molar-refractivity contribution is 5.68. The highest BCUT2D eigenvalue weighted by Gasteiger charge is 2.29. The van der Waals surface area contributed by atoms with E-state index in [2.05, 4.69) is 4.98 Å². The van der Waals surface area contributed by atoms with Gasteiger partial charge >= 0.3 is 6.09 Å². The molecular weight excluding hydrogens is 382 g/mol. The summed E-state index contributed by atoms with van der Waals surface area (Å²) in [6.07, 6.45) is 2.52. The van der Waals surface area contributed by atoms with Crippen LogP contribution in [0.1, 0.15) is 45.2 Å². The van der Waals surface area contributed by atoms with Crippen molar-refractivity contribution < 1.29 is 23.0 Å². The number of nitrogens with zero attached hydrogens (tertiary/aromatic N) is 3. The number of anilines is 1. The molecule has 0 spiro atoms. The van der Waals surface area contributed by atoms with Gasteiger partial charge in [-0.05, 0) is 33.6 Å². The van der Waals surface area contributed by atoms with E-state index in [0.717, 1.165) is 12.1 Å². The Morgan fingerprint density at radius 3 is 2.31 bits per heavy atom. The maximum atomic E-state index is 14.4. The second-order valence-electron chi connectivity index (χ2n) is 8.08. The smallest absolute Gasteiger partial charge is 0.410 e. The molecule has 0 saturated carbocycles. The summed E-state index contributed by atoms with van der Waals surface area (Å²) >= 11 is 0. The Morgan fingerprint density at radius 1 is 1.21 bits per heavy atom. The van der Waals surface area contributed by atoms with Gasteiger partial charge in [0.05, 0.1) is 12.8 Å². The molecule has 1 aliphatic heterocycles. The van der Waals surface area contributed by atoms with E-state index in [-0.39, 0.29) is 29.4 Å². The fourth-order valence-electron chi connectivity index (χ4n) is 3.36. The van der Waals surface area contributed by atoms with E-state index in [4.69, 9.17) is 15.2 Å². The molecule has 3 rings (SSSR count). The number of likely N-dealkylation sites (tertiary alicyclic amines) is 1. The van der Waals surface area contributed by atoms with Crippen molar-refractivity contribution in [2.24, 2.45) is 0 Å². The van der Waals surface area contributed by atoms with Crippen molar-refractivity contribution in [2.45, 2.75) is 45.1 Å². The zero-order valence-electron chi connectivity index (χ0n) is 17.0. The summed E-state index contributed by atoms with van der Waals surface area (Å²) in [4.78, 5) is 18.2. The fourth-order valence-corrected chi connectivity index (χ4v) is 3.36. The molecule has 2 heterocycles. The van der Waals surface area contributed by atoms with Gasteiger partial charge in [-0.2, -0.15) is 0 Å². The van der Waals surface area contributed by atoms with E-state index in [0.29, 0.717) is 31.6 Å². The topological polar surface area (TPSA) is 82.6 Å². The lowest BCUT2D eigenvalue weighted by atomic mass is 9.94. The van der Waals surface area contributed by atoms with Crippen LogP contribution in [0.2, 0.25) is 0 Å². The number of hydrogen-bond donors (Lipinski definition) is 1. The SMILES string of the molecule is COc1cc(F)c(-n2cc(C3CCN(C(=O)OC(C)(C)C)CC3)nc2N)c(F)c1. The summed E-state index contributed by atoms with van der Waals surface area (Å²) in [5, 5.41) is 0. The number of aromatic nitrogens is 2. The van der Waals surface area contributed by atoms with Gasteiger partial charge in [0.25, 0.3) is 0 Å². The van der Waals surface area contributed by atoms with Crippen LogP contribution in [0, 0.1) is 11.6 Å². The largest absolute Gasteiger partial charge is 0.497 e. The van der Waals surface area contributed by atoms with E-state index in [1.165, 1.54) is 11.7 Å². The molecule has 1 amide bonds. The lowest BCUT2D eigenvalue weighted by Crippen LogP contribution is -2.41. The second-order valence-corrected chi connectivity index (χ2v) is 8.08. The van der Waals surface area contributed by atoms with Crippen LogP contribution in [0.15, 0.2) is 18.3 Å². The zero-order chi connectivity index (χ0) is 21.3. The molecule has 158 valence electrons. The van der Waals surface area contributed by atoms with Crippen LogP contribution in [-0.2, 0) is 4.74 Å². The summed E-state index contributed by atoms with van der Waals surface area (Å²) in [6.45, 7) is 6.49. The predicted molar refractivity (Wildman–Crippen MR) is 104 cm³/mol. The van der Waals surface area contributed by atoms with Crippen molar-refractivity contribution in [1.82, 2.24) is 14.5 Å². The average Bonchev–Trinajstić information content (AvgIpc) is 3.01. The Bertz CT molecular complexity index is 877. The number of ether oxygens (including phenoxy) is 2. The lowest BCUT2D eigenvalue weighted by molar-refractivity contribution is 0.0204. The first-order valence-corrected chi connectivity index (χ1v) is 9.45. The summed E-state index contributed by atoms with van der Waals surface area (Å²) in [5.41, 5.74) is 5.73. The first-order chi connectivity index (χ1) is 13.6. The van der Waals surface area contributed by atoms with E-state index in [9.17, 15) is 13.6 Å². The zero-order valence-corrected chi connectivity index (χ0v) is 17.0. The van der Waals surface area contributed by atoms with E-state index in [1.807, 2.05) is 20.8 Å². The Balaban J connectivity index is 1.75. The Kier molecular flexibility index (Phi) is 5.68. The number of hydrogen-bond acceptors (Lipinski definition) is 5. The van der Waals surface area contributed by atoms with Crippen LogP contribution in [0.4, 0.5) is 19.5 Å². The molecular formula is C20H26F2N4O3. The molecule has 0 atom stereocenters. The first-order valence-electron chi connectivity index (χ1n) is 9.45. The van der Waals surface area contributed by atoms with Gasteiger partial charge in [-0.25, -0.2) is 18.6 Å². The minimum Gasteiger partial charge on any atom is -0.497 e. The van der Waals surface area contributed by atoms with Gasteiger partial charge in [0.2, 0.25) is 5.95 Å². The molecule has 9 heteroatoms. The monoisotopic (exact) mass is 408 g/mol. The van der Waals surface area contributed by atoms with Gasteiger partial charge in [0.1, 0.15) is 17.0 Å². The quantitative estimate of drug-likeness (QED) is 0.834. The molecule has 2 N–H and O–H groups in total. The predicted octanol–water partition coefficient (Wildman–Crippen LogP) is 3.86. The first kappa shape index (κ1) is 20.9. The van der Waals surface area contributed by atoms with E-state index < -0.39 is 17.2 Å². The maximum Gasteiger partial charge on any atom is 0.410 e. The van der Waals surface area contributed by atoms with Crippen LogP contribution in [-0.4, -0.2) is 46.3 Å². The third-order valence-electron chi connectivity index (χ3n) is 4.78. The molecule has 1 aromatic carbocycles. The minimum absolute atomic E-state index is 0.00228. The number of methoxy groups -OCH3 is 1. The second kappa shape index (κ2) is 7.88. The number of halogens is 2. The summed E-state index contributed by atoms with van der Waals surface area (Å²) in [5.74, 6) is -1.48. The van der Waals surface area contributed by atoms with Gasteiger partial charge in [-0.3, -0.25) is 4.57 Å². The van der Waals surface area contributed by atoms with Gasteiger partial charge in [0, 0.05) is 37.3 Å². The Morgan fingerprint density at radius 2 is 1.79 bits per heavy atom. The van der Waals surface area contributed by atoms with Crippen molar-refractivity contribution in [2.75, 3.05) is 25.9 Å². The van der Waals surface area contributed by atoms with Crippen LogP contribution in [0.5, 0.6) is 5.75 Å². The van der Waals surface area contributed by atoms with Crippen molar-refractivity contribution >= 4 is 12.0 Å². The summed E-state index contributed by atoms with van der Waals surface area (Å²) in [6, 6.07) is 2.19. The number of amides is 1. The van der Waals surface area contributed by atoms with Crippen LogP contribution in [0.25, 0.3) is 5.69 Å². The third-order valence-corrected chi connectivity index (χ3v) is 4.78. The Hall–Kier alpha value is -2.84. The van der Waals surface area contributed by atoms with Crippen molar-refractivity contribution in [1.29, 1.82) is 0 Å². The van der Waals surface area contributed by atoms with Crippen molar-refractivity contribution in [3.05, 3.63) is 35.7 Å². The highest BCUT2D eigenvalue weighted by atomic mass is 19.1. The van der Waals surface area contributed by atoms with Crippen LogP contribution >= 0.6 is 0 Å². The molecule has 1 saturated heterocycles. The van der Waals surface area contributed by atoms with Gasteiger partial charge in [-0.15, -0.1) is 0 Å². The number of rotatable bonds is 3. The fraction of sp³-hybridized carbons (Fsp3) is 0.500. The normalized spacial score (nSPS) is 15.4. The van der Waals surface area contributed by atoms with E-state index in [1.54, 1.807) is 11.1 Å². The molecule has 29 heavy (non-hydrogen) atoms. The van der Waals surface area contributed by atoms with Gasteiger partial charge in [0.15, 0.2) is 11.6 Å². The number of carbonyl (C=O) groups is 1. The van der Waals surface area contributed by atoms with Crippen molar-refractivity contribution in [3.8, 4) is 11.4 Å². The molecule has 0 unspecified atom stereocenters. The van der Waals surface area contributed by atoms with Gasteiger partial charge in [-0.1, -0.05) is 0 Å². The summed E-state index contributed by atoms with van der Waals surface area (Å²) in [7, 11) is 1.33. The average molecular weight is 408 g/mol. The molecule has 7 nitrogen and oxygen atoms in total. The van der Waals surface area contributed by atoms with Crippen LogP contribution < -0.4 is 10.5 Å². The molecule has 1 aliphatic rings. The molecule has 2 aromatic rings. The molecule has 0 radical (unpaired) electrons. The van der Waals surface area contributed by atoms with Crippen LogP contribution in [0.3, 0.4) is 0 Å². The molecule has 1 fully saturated rings. The Labute approximate surface area is 168 Å². The summed E-state index contributed by atoms with van der Waals surface area (Å²) < 4.78 is 40.3. The van der Waals surface area contributed by atoms with Crippen molar-refractivity contribution in [3.63, 3.8) is 0 Å². The lowest BCUT2D eigenvalue weighted by Gasteiger charge is -2.32. The standard InChI is InChI=1S/C20H26F2N4O3/c1-20(2,3)29-19(27)25-7-5-12(6-8-25)16-11-26(18(23)24-16)17-14(21)9-13(28-4)10-15(17)22/h9-12H,5-8H2,1-4H3,(H2,23,24). The third kappa shape index (κ3) is 4.60. The number of piperidine rings is 1. The van der Waals surface area contributed by atoms with E-state index >= 15 is 0 Å². The highest BCUT2D eigenvalue weighted by Crippen LogP contribution is 2.31. The maximum absolute atomic E-state index is 14.4. The number of nitrogens with two attached hydrogens (primary N) is 1. The number of benzene rings is 1. The number of carbonyl (C=O) groups excluding carboxylic acids is 1. The molecule has 1 aromatic heterocycles. The van der Waals surface area contributed by atoms with Gasteiger partial charge < -0.3 is 20.1 Å². The number of imidazole rings is 1. The molecule has 0 aliphatic carbocycles. The molecule has 0 bridgehead atoms.